The Labute approximate surface area is 184 Å². The molecule has 0 unspecified atom stereocenters. The van der Waals surface area contributed by atoms with E-state index in [9.17, 15) is 13.2 Å². The maximum Gasteiger partial charge on any atom is 0.267 e. The normalized spacial score (nSPS) is 14.2. The molecule has 6 nitrogen and oxygen atoms in total. The van der Waals surface area contributed by atoms with Crippen molar-refractivity contribution in [2.45, 2.75) is 51.1 Å². The zero-order chi connectivity index (χ0) is 21.5. The Balaban J connectivity index is 1.86. The lowest BCUT2D eigenvalue weighted by Crippen LogP contribution is -2.23. The lowest BCUT2D eigenvalue weighted by Gasteiger charge is -2.16. The van der Waals surface area contributed by atoms with Crippen LogP contribution in [0.5, 0.6) is 0 Å². The Morgan fingerprint density at radius 1 is 1.23 bits per heavy atom. The Kier molecular flexibility index (Phi) is 6.07. The summed E-state index contributed by atoms with van der Waals surface area (Å²) >= 11 is 3.04. The van der Waals surface area contributed by atoms with Gasteiger partial charge in [0.05, 0.1) is 16.8 Å². The Hall–Kier alpha value is -1.68. The molecule has 1 aliphatic rings. The summed E-state index contributed by atoms with van der Waals surface area (Å²) in [6, 6.07) is 6.05. The van der Waals surface area contributed by atoms with Gasteiger partial charge in [-0.05, 0) is 68.7 Å². The fourth-order valence-electron chi connectivity index (χ4n) is 3.88. The number of nitrogens with two attached hydrogens (primary N) is 1. The molecule has 160 valence electrons. The molecular weight excluding hydrogens is 438 g/mol. The first kappa shape index (κ1) is 21.5. The van der Waals surface area contributed by atoms with Gasteiger partial charge in [-0.1, -0.05) is 23.9 Å². The number of benzene rings is 1. The van der Waals surface area contributed by atoms with Crippen molar-refractivity contribution in [3.8, 4) is 5.69 Å². The third-order valence-electron chi connectivity index (χ3n) is 5.37. The van der Waals surface area contributed by atoms with Gasteiger partial charge in [0.2, 0.25) is 10.0 Å². The molecule has 9 heteroatoms. The predicted octanol–water partition coefficient (Wildman–Crippen LogP) is 3.71. The Bertz CT molecular complexity index is 1280. The number of hydrogen-bond donors (Lipinski definition) is 1. The zero-order valence-corrected chi connectivity index (χ0v) is 19.6. The van der Waals surface area contributed by atoms with Crippen molar-refractivity contribution < 1.29 is 8.42 Å². The minimum absolute atomic E-state index is 0.0259. The van der Waals surface area contributed by atoms with Crippen LogP contribution in [-0.2, 0) is 22.9 Å². The van der Waals surface area contributed by atoms with Crippen LogP contribution in [-0.4, -0.2) is 29.5 Å². The maximum atomic E-state index is 13.7. The molecule has 0 spiro atoms. The van der Waals surface area contributed by atoms with Crippen molar-refractivity contribution in [2.24, 2.45) is 5.14 Å². The average Bonchev–Trinajstić information content (AvgIpc) is 3.05. The summed E-state index contributed by atoms with van der Waals surface area (Å²) in [5, 5.41) is 6.48. The molecule has 0 fully saturated rings. The number of rotatable bonds is 6. The minimum atomic E-state index is -3.50. The lowest BCUT2D eigenvalue weighted by atomic mass is 9.97. The largest absolute Gasteiger partial charge is 0.268 e. The molecule has 1 aliphatic carbocycles. The van der Waals surface area contributed by atoms with Crippen LogP contribution in [0.15, 0.2) is 28.2 Å². The summed E-state index contributed by atoms with van der Waals surface area (Å²) in [5.41, 5.74) is 4.05. The number of aryl methyl sites for hydroxylation is 4. The number of thioether (sulfide) groups is 1. The third kappa shape index (κ3) is 4.34. The van der Waals surface area contributed by atoms with Gasteiger partial charge in [0, 0.05) is 10.6 Å². The van der Waals surface area contributed by atoms with Crippen LogP contribution in [0.25, 0.3) is 15.9 Å². The number of fused-ring (bicyclic) bond motifs is 3. The molecular formula is C21H25N3O3S3. The van der Waals surface area contributed by atoms with Gasteiger partial charge in [-0.3, -0.25) is 9.36 Å². The summed E-state index contributed by atoms with van der Waals surface area (Å²) in [5.74, 6) is 0.438. The molecule has 4 rings (SSSR count). The molecule has 30 heavy (non-hydrogen) atoms. The number of primary sulfonamides is 1. The van der Waals surface area contributed by atoms with Gasteiger partial charge >= 0.3 is 0 Å². The number of nitrogens with zero attached hydrogens (tertiary/aromatic N) is 2. The number of hydrogen-bond acceptors (Lipinski definition) is 6. The van der Waals surface area contributed by atoms with Gasteiger partial charge < -0.3 is 0 Å². The molecule has 3 aromatic rings. The SMILES string of the molecule is Cc1ccc(C)c(-n2c(SCCCS(N)(=O)=O)nc3sc4c(c3c2=O)CCCC4)c1. The van der Waals surface area contributed by atoms with Crippen molar-refractivity contribution in [1.82, 2.24) is 9.55 Å². The highest BCUT2D eigenvalue weighted by atomic mass is 32.2. The second-order valence-electron chi connectivity index (χ2n) is 7.78. The van der Waals surface area contributed by atoms with Crippen LogP contribution in [0, 0.1) is 13.8 Å². The van der Waals surface area contributed by atoms with E-state index in [1.807, 2.05) is 32.0 Å². The van der Waals surface area contributed by atoms with Crippen LogP contribution >= 0.6 is 23.1 Å². The first-order valence-corrected chi connectivity index (χ1v) is 13.5. The van der Waals surface area contributed by atoms with Gasteiger partial charge in [-0.2, -0.15) is 0 Å². The molecule has 0 atom stereocenters. The van der Waals surface area contributed by atoms with E-state index in [-0.39, 0.29) is 11.3 Å². The third-order valence-corrected chi connectivity index (χ3v) is 8.44. The van der Waals surface area contributed by atoms with Gasteiger partial charge in [0.25, 0.3) is 5.56 Å². The van der Waals surface area contributed by atoms with E-state index in [1.54, 1.807) is 15.9 Å². The lowest BCUT2D eigenvalue weighted by molar-refractivity contribution is 0.596. The van der Waals surface area contributed by atoms with E-state index >= 15 is 0 Å². The molecule has 0 radical (unpaired) electrons. The minimum Gasteiger partial charge on any atom is -0.268 e. The second-order valence-corrected chi connectivity index (χ2v) is 11.7. The zero-order valence-electron chi connectivity index (χ0n) is 17.1. The fraction of sp³-hybridized carbons (Fsp3) is 0.429. The van der Waals surface area contributed by atoms with Crippen molar-refractivity contribution in [3.63, 3.8) is 0 Å². The molecule has 2 N–H and O–H groups in total. The van der Waals surface area contributed by atoms with Crippen molar-refractivity contribution >= 4 is 43.3 Å². The van der Waals surface area contributed by atoms with Crippen molar-refractivity contribution in [2.75, 3.05) is 11.5 Å². The van der Waals surface area contributed by atoms with E-state index in [4.69, 9.17) is 10.1 Å². The first-order chi connectivity index (χ1) is 14.2. The van der Waals surface area contributed by atoms with Crippen molar-refractivity contribution in [1.29, 1.82) is 0 Å². The van der Waals surface area contributed by atoms with E-state index in [2.05, 4.69) is 0 Å². The molecule has 0 bridgehead atoms. The summed E-state index contributed by atoms with van der Waals surface area (Å²) in [6.07, 6.45) is 4.60. The van der Waals surface area contributed by atoms with Gasteiger partial charge in [-0.25, -0.2) is 18.5 Å². The highest BCUT2D eigenvalue weighted by molar-refractivity contribution is 7.99. The summed E-state index contributed by atoms with van der Waals surface area (Å²) < 4.78 is 24.2. The smallest absolute Gasteiger partial charge is 0.267 e. The summed E-state index contributed by atoms with van der Waals surface area (Å²) in [6.45, 7) is 4.00. The molecule has 0 aliphatic heterocycles. The van der Waals surface area contributed by atoms with E-state index < -0.39 is 10.0 Å². The van der Waals surface area contributed by atoms with Crippen LogP contribution < -0.4 is 10.7 Å². The van der Waals surface area contributed by atoms with Crippen LogP contribution in [0.3, 0.4) is 0 Å². The fourth-order valence-corrected chi connectivity index (χ4v) is 6.86. The summed E-state index contributed by atoms with van der Waals surface area (Å²) in [7, 11) is -3.50. The highest BCUT2D eigenvalue weighted by Crippen LogP contribution is 2.35. The molecule has 0 saturated heterocycles. The van der Waals surface area contributed by atoms with E-state index in [0.29, 0.717) is 17.3 Å². The number of thiophene rings is 1. The van der Waals surface area contributed by atoms with Gasteiger partial charge in [0.15, 0.2) is 5.16 Å². The number of aromatic nitrogens is 2. The Morgan fingerprint density at radius 3 is 2.77 bits per heavy atom. The standard InChI is InChI=1S/C21H25N3O3S3/c1-13-8-9-14(2)16(12-13)24-20(25)18-15-6-3-4-7-17(15)29-19(18)23-21(24)28-10-5-11-30(22,26)27/h8-9,12H,3-7,10-11H2,1-2H3,(H2,22,26,27). The second kappa shape index (κ2) is 8.45. The van der Waals surface area contributed by atoms with Gasteiger partial charge in [-0.15, -0.1) is 11.3 Å². The topological polar surface area (TPSA) is 95.1 Å². The molecule has 0 amide bonds. The van der Waals surface area contributed by atoms with Crippen LogP contribution in [0.4, 0.5) is 0 Å². The highest BCUT2D eigenvalue weighted by Gasteiger charge is 2.23. The molecule has 2 heterocycles. The van der Waals surface area contributed by atoms with Gasteiger partial charge in [0.1, 0.15) is 4.83 Å². The first-order valence-electron chi connectivity index (χ1n) is 10.0. The molecule has 0 saturated carbocycles. The predicted molar refractivity (Wildman–Crippen MR) is 125 cm³/mol. The van der Waals surface area contributed by atoms with E-state index in [1.165, 1.54) is 22.2 Å². The maximum absolute atomic E-state index is 13.7. The van der Waals surface area contributed by atoms with Crippen LogP contribution in [0.1, 0.15) is 40.8 Å². The quantitative estimate of drug-likeness (QED) is 0.342. The number of sulfonamides is 1. The monoisotopic (exact) mass is 463 g/mol. The van der Waals surface area contributed by atoms with E-state index in [0.717, 1.165) is 52.7 Å². The summed E-state index contributed by atoms with van der Waals surface area (Å²) in [4.78, 5) is 20.7. The van der Waals surface area contributed by atoms with Crippen LogP contribution in [0.2, 0.25) is 0 Å². The molecule has 1 aromatic carbocycles. The Morgan fingerprint density at radius 2 is 2.00 bits per heavy atom. The average molecular weight is 464 g/mol. The molecule has 2 aromatic heterocycles. The van der Waals surface area contributed by atoms with Crippen molar-refractivity contribution in [3.05, 3.63) is 50.1 Å².